The normalized spacial score (nSPS) is 19.7. The molecular weight excluding hydrogens is 134 g/mol. The maximum Gasteiger partial charge on any atom is 0.0320 e. The Morgan fingerprint density at radius 2 is 1.82 bits per heavy atom. The van der Waals surface area contributed by atoms with Gasteiger partial charge in [-0.15, -0.1) is 0 Å². The van der Waals surface area contributed by atoms with E-state index in [0.717, 1.165) is 0 Å². The molecule has 1 heteroatoms. The van der Waals surface area contributed by atoms with Crippen LogP contribution < -0.4 is 0 Å². The van der Waals surface area contributed by atoms with Gasteiger partial charge in [0.05, 0.1) is 0 Å². The molecule has 1 aromatic carbocycles. The summed E-state index contributed by atoms with van der Waals surface area (Å²) in [6.45, 7) is 4.81. The highest BCUT2D eigenvalue weighted by Crippen LogP contribution is 2.24. The molecule has 2 rings (SSSR count). The Balaban J connectivity index is 2.15. The molecule has 1 aliphatic heterocycles. The van der Waals surface area contributed by atoms with Gasteiger partial charge in [-0.25, -0.2) is 0 Å². The van der Waals surface area contributed by atoms with E-state index >= 15 is 0 Å². The SMILES string of the molecule is CC(c1ccccc1)N1CC1. The Bertz CT molecular complexity index is 226. The Hall–Kier alpha value is -0.820. The van der Waals surface area contributed by atoms with E-state index in [2.05, 4.69) is 42.2 Å². The van der Waals surface area contributed by atoms with Gasteiger partial charge in [-0.3, -0.25) is 4.90 Å². The quantitative estimate of drug-likeness (QED) is 0.579. The summed E-state index contributed by atoms with van der Waals surface area (Å²) in [6.07, 6.45) is 0. The highest BCUT2D eigenvalue weighted by Gasteiger charge is 2.24. The molecule has 0 N–H and O–H groups in total. The van der Waals surface area contributed by atoms with Gasteiger partial charge in [0.2, 0.25) is 0 Å². The summed E-state index contributed by atoms with van der Waals surface area (Å²) >= 11 is 0. The van der Waals surface area contributed by atoms with E-state index in [1.807, 2.05) is 0 Å². The minimum absolute atomic E-state index is 0.621. The Labute approximate surface area is 67.6 Å². The van der Waals surface area contributed by atoms with Crippen molar-refractivity contribution in [2.45, 2.75) is 13.0 Å². The van der Waals surface area contributed by atoms with E-state index in [4.69, 9.17) is 0 Å². The van der Waals surface area contributed by atoms with Gasteiger partial charge < -0.3 is 0 Å². The summed E-state index contributed by atoms with van der Waals surface area (Å²) in [5.74, 6) is 0. The molecule has 0 spiro atoms. The first-order valence-corrected chi connectivity index (χ1v) is 4.17. The van der Waals surface area contributed by atoms with Crippen molar-refractivity contribution in [1.29, 1.82) is 0 Å². The van der Waals surface area contributed by atoms with E-state index in [1.165, 1.54) is 18.7 Å². The van der Waals surface area contributed by atoms with Crippen LogP contribution in [0.2, 0.25) is 0 Å². The maximum atomic E-state index is 2.45. The molecule has 0 radical (unpaired) electrons. The third kappa shape index (κ3) is 1.43. The molecule has 1 heterocycles. The third-order valence-corrected chi connectivity index (χ3v) is 2.31. The van der Waals surface area contributed by atoms with Crippen molar-refractivity contribution in [3.63, 3.8) is 0 Å². The minimum atomic E-state index is 0.621. The van der Waals surface area contributed by atoms with Crippen LogP contribution in [0.15, 0.2) is 30.3 Å². The number of nitrogens with zero attached hydrogens (tertiary/aromatic N) is 1. The molecule has 0 aliphatic carbocycles. The Kier molecular flexibility index (Phi) is 1.66. The molecule has 1 fully saturated rings. The van der Waals surface area contributed by atoms with Crippen molar-refractivity contribution in [1.82, 2.24) is 4.90 Å². The molecule has 0 amide bonds. The molecule has 1 aromatic rings. The third-order valence-electron chi connectivity index (χ3n) is 2.31. The van der Waals surface area contributed by atoms with Gasteiger partial charge in [0.25, 0.3) is 0 Å². The molecule has 0 bridgehead atoms. The van der Waals surface area contributed by atoms with Gasteiger partial charge in [0.15, 0.2) is 0 Å². The zero-order valence-corrected chi connectivity index (χ0v) is 6.83. The second-order valence-corrected chi connectivity index (χ2v) is 3.12. The van der Waals surface area contributed by atoms with Crippen molar-refractivity contribution < 1.29 is 0 Å². The maximum absolute atomic E-state index is 2.45. The van der Waals surface area contributed by atoms with Gasteiger partial charge in [0.1, 0.15) is 0 Å². The van der Waals surface area contributed by atoms with Crippen LogP contribution in [-0.2, 0) is 0 Å². The lowest BCUT2D eigenvalue weighted by Crippen LogP contribution is -2.03. The van der Waals surface area contributed by atoms with Crippen LogP contribution in [-0.4, -0.2) is 18.0 Å². The summed E-state index contributed by atoms with van der Waals surface area (Å²) < 4.78 is 0. The van der Waals surface area contributed by atoms with Gasteiger partial charge >= 0.3 is 0 Å². The van der Waals surface area contributed by atoms with Crippen LogP contribution in [0.25, 0.3) is 0 Å². The highest BCUT2D eigenvalue weighted by molar-refractivity contribution is 5.19. The van der Waals surface area contributed by atoms with Gasteiger partial charge in [-0.1, -0.05) is 30.3 Å². The molecule has 58 valence electrons. The Morgan fingerprint density at radius 1 is 1.18 bits per heavy atom. The molecule has 0 saturated carbocycles. The largest absolute Gasteiger partial charge is 0.294 e. The summed E-state index contributed by atoms with van der Waals surface area (Å²) in [5.41, 5.74) is 1.44. The first-order valence-electron chi connectivity index (χ1n) is 4.17. The fourth-order valence-corrected chi connectivity index (χ4v) is 1.39. The molecule has 0 aromatic heterocycles. The van der Waals surface area contributed by atoms with Crippen LogP contribution in [0.4, 0.5) is 0 Å². The summed E-state index contributed by atoms with van der Waals surface area (Å²) in [6, 6.07) is 11.3. The van der Waals surface area contributed by atoms with Crippen LogP contribution in [0.5, 0.6) is 0 Å². The smallest absolute Gasteiger partial charge is 0.0320 e. The average Bonchev–Trinajstić information content (AvgIpc) is 2.87. The Morgan fingerprint density at radius 3 is 2.36 bits per heavy atom. The molecule has 1 aliphatic rings. The zero-order valence-electron chi connectivity index (χ0n) is 6.83. The summed E-state index contributed by atoms with van der Waals surface area (Å²) in [5, 5.41) is 0. The summed E-state index contributed by atoms with van der Waals surface area (Å²) in [4.78, 5) is 2.45. The fraction of sp³-hybridized carbons (Fsp3) is 0.400. The lowest BCUT2D eigenvalue weighted by Gasteiger charge is -2.11. The standard InChI is InChI=1S/C10H13N/c1-9(11-7-8-11)10-5-3-2-4-6-10/h2-6,9H,7-8H2,1H3. The number of rotatable bonds is 2. The minimum Gasteiger partial charge on any atom is -0.294 e. The van der Waals surface area contributed by atoms with Crippen molar-refractivity contribution in [3.05, 3.63) is 35.9 Å². The number of hydrogen-bond donors (Lipinski definition) is 0. The first-order chi connectivity index (χ1) is 5.38. The highest BCUT2D eigenvalue weighted by atomic mass is 15.3. The lowest BCUT2D eigenvalue weighted by atomic mass is 10.1. The van der Waals surface area contributed by atoms with Crippen molar-refractivity contribution in [2.75, 3.05) is 13.1 Å². The second-order valence-electron chi connectivity index (χ2n) is 3.12. The van der Waals surface area contributed by atoms with E-state index in [-0.39, 0.29) is 0 Å². The predicted molar refractivity (Wildman–Crippen MR) is 46.4 cm³/mol. The molecule has 1 atom stereocenters. The van der Waals surface area contributed by atoms with Crippen molar-refractivity contribution in [2.24, 2.45) is 0 Å². The van der Waals surface area contributed by atoms with E-state index in [9.17, 15) is 0 Å². The van der Waals surface area contributed by atoms with Crippen LogP contribution in [0.3, 0.4) is 0 Å². The van der Waals surface area contributed by atoms with Crippen molar-refractivity contribution in [3.8, 4) is 0 Å². The zero-order chi connectivity index (χ0) is 7.68. The van der Waals surface area contributed by atoms with Crippen LogP contribution in [0, 0.1) is 0 Å². The molecule has 1 saturated heterocycles. The lowest BCUT2D eigenvalue weighted by molar-refractivity contribution is 0.444. The predicted octanol–water partition coefficient (Wildman–Crippen LogP) is 2.06. The topological polar surface area (TPSA) is 3.01 Å². The molecular formula is C10H13N. The second kappa shape index (κ2) is 2.67. The fourth-order valence-electron chi connectivity index (χ4n) is 1.39. The average molecular weight is 147 g/mol. The monoisotopic (exact) mass is 147 g/mol. The van der Waals surface area contributed by atoms with E-state index < -0.39 is 0 Å². The number of hydrogen-bond acceptors (Lipinski definition) is 1. The first kappa shape index (κ1) is 6.86. The molecule has 1 nitrogen and oxygen atoms in total. The van der Waals surface area contributed by atoms with Crippen LogP contribution in [0.1, 0.15) is 18.5 Å². The molecule has 1 unspecified atom stereocenters. The van der Waals surface area contributed by atoms with Gasteiger partial charge in [-0.05, 0) is 12.5 Å². The van der Waals surface area contributed by atoms with Crippen molar-refractivity contribution >= 4 is 0 Å². The number of benzene rings is 1. The van der Waals surface area contributed by atoms with Gasteiger partial charge in [-0.2, -0.15) is 0 Å². The molecule has 11 heavy (non-hydrogen) atoms. The van der Waals surface area contributed by atoms with E-state index in [1.54, 1.807) is 0 Å². The van der Waals surface area contributed by atoms with Crippen LogP contribution >= 0.6 is 0 Å². The summed E-state index contributed by atoms with van der Waals surface area (Å²) in [7, 11) is 0. The van der Waals surface area contributed by atoms with Gasteiger partial charge in [0, 0.05) is 19.1 Å². The van der Waals surface area contributed by atoms with E-state index in [0.29, 0.717) is 6.04 Å².